The van der Waals surface area contributed by atoms with Crippen molar-refractivity contribution in [3.8, 4) is 5.75 Å². The van der Waals surface area contributed by atoms with E-state index in [0.717, 1.165) is 22.4 Å². The standard InChI is InChI=1S/C33H37FN4O4/c1-24(2)22-41-29-14-10-26(11-15-29)21-38(20-25-8-12-28(34)13-9-25)31-35-30(39)33(36-31)16-18-37(19-17-33)32(40)42-23-27-6-4-3-5-7-27/h3-15,24H,16-23H2,1-2H3,(H,35,36,39). The number of carbonyl (C=O) groups is 2. The lowest BCUT2D eigenvalue weighted by atomic mass is 9.88. The summed E-state index contributed by atoms with van der Waals surface area (Å²) in [7, 11) is 0. The van der Waals surface area contributed by atoms with Crippen molar-refractivity contribution in [1.29, 1.82) is 0 Å². The number of amides is 2. The van der Waals surface area contributed by atoms with Gasteiger partial charge in [-0.05, 0) is 59.7 Å². The minimum absolute atomic E-state index is 0.170. The fraction of sp³-hybridized carbons (Fsp3) is 0.364. The Morgan fingerprint density at radius 2 is 1.57 bits per heavy atom. The minimum Gasteiger partial charge on any atom is -0.493 e. The molecular formula is C33H37FN4O4. The molecule has 1 fully saturated rings. The Hall–Kier alpha value is -4.40. The molecular weight excluding hydrogens is 535 g/mol. The average molecular weight is 573 g/mol. The van der Waals surface area contributed by atoms with Gasteiger partial charge in [-0.25, -0.2) is 14.2 Å². The highest BCUT2D eigenvalue weighted by Crippen LogP contribution is 2.31. The molecule has 0 saturated carbocycles. The molecule has 1 N–H and O–H groups in total. The third-order valence-electron chi connectivity index (χ3n) is 7.49. The Balaban J connectivity index is 1.27. The lowest BCUT2D eigenvalue weighted by molar-refractivity contribution is -0.125. The van der Waals surface area contributed by atoms with Crippen LogP contribution in [0.5, 0.6) is 5.75 Å². The summed E-state index contributed by atoms with van der Waals surface area (Å²) in [6.07, 6.45) is 0.402. The number of benzene rings is 3. The summed E-state index contributed by atoms with van der Waals surface area (Å²) in [5.74, 6) is 1.23. The predicted octanol–water partition coefficient (Wildman–Crippen LogP) is 5.52. The van der Waals surface area contributed by atoms with Crippen LogP contribution in [0.4, 0.5) is 9.18 Å². The zero-order valence-corrected chi connectivity index (χ0v) is 24.1. The van der Waals surface area contributed by atoms with Gasteiger partial charge < -0.3 is 19.3 Å². The molecule has 8 nitrogen and oxygen atoms in total. The molecule has 0 atom stereocenters. The molecule has 2 aliphatic rings. The summed E-state index contributed by atoms with van der Waals surface area (Å²) in [5, 5.41) is 3.00. The summed E-state index contributed by atoms with van der Waals surface area (Å²) in [6, 6.07) is 23.7. The first-order valence-corrected chi connectivity index (χ1v) is 14.4. The third-order valence-corrected chi connectivity index (χ3v) is 7.49. The van der Waals surface area contributed by atoms with E-state index in [-0.39, 0.29) is 18.3 Å². The molecule has 42 heavy (non-hydrogen) atoms. The summed E-state index contributed by atoms with van der Waals surface area (Å²) < 4.78 is 24.9. The maximum atomic E-state index is 13.6. The Morgan fingerprint density at radius 1 is 0.952 bits per heavy atom. The molecule has 2 amide bonds. The van der Waals surface area contributed by atoms with E-state index in [0.29, 0.717) is 57.5 Å². The van der Waals surface area contributed by atoms with E-state index in [4.69, 9.17) is 14.5 Å². The van der Waals surface area contributed by atoms with E-state index in [1.54, 1.807) is 17.0 Å². The van der Waals surface area contributed by atoms with Crippen LogP contribution < -0.4 is 10.1 Å². The van der Waals surface area contributed by atoms with E-state index in [1.807, 2.05) is 59.5 Å². The smallest absolute Gasteiger partial charge is 0.410 e. The lowest BCUT2D eigenvalue weighted by Crippen LogP contribution is -2.50. The van der Waals surface area contributed by atoms with Gasteiger partial charge in [-0.3, -0.25) is 10.1 Å². The molecule has 0 aromatic heterocycles. The van der Waals surface area contributed by atoms with E-state index in [1.165, 1.54) is 12.1 Å². The summed E-state index contributed by atoms with van der Waals surface area (Å²) in [6.45, 7) is 6.70. The molecule has 2 aliphatic heterocycles. The molecule has 3 aromatic carbocycles. The van der Waals surface area contributed by atoms with Crippen molar-refractivity contribution in [3.63, 3.8) is 0 Å². The van der Waals surface area contributed by atoms with Gasteiger partial charge in [-0.2, -0.15) is 0 Å². The number of guanidine groups is 1. The molecule has 5 rings (SSSR count). The molecule has 0 aliphatic carbocycles. The highest BCUT2D eigenvalue weighted by Gasteiger charge is 2.47. The molecule has 2 heterocycles. The number of ether oxygens (including phenoxy) is 2. The van der Waals surface area contributed by atoms with Gasteiger partial charge in [0.05, 0.1) is 6.61 Å². The molecule has 1 saturated heterocycles. The van der Waals surface area contributed by atoms with Crippen LogP contribution in [0.3, 0.4) is 0 Å². The average Bonchev–Trinajstić information content (AvgIpc) is 3.32. The first-order valence-electron chi connectivity index (χ1n) is 14.4. The number of likely N-dealkylation sites (tertiary alicyclic amines) is 1. The second-order valence-corrected chi connectivity index (χ2v) is 11.3. The van der Waals surface area contributed by atoms with Gasteiger partial charge in [-0.15, -0.1) is 0 Å². The fourth-order valence-corrected chi connectivity index (χ4v) is 5.05. The van der Waals surface area contributed by atoms with Gasteiger partial charge in [0.2, 0.25) is 5.96 Å². The van der Waals surface area contributed by atoms with Gasteiger partial charge in [0.25, 0.3) is 5.91 Å². The van der Waals surface area contributed by atoms with Crippen molar-refractivity contribution >= 4 is 18.0 Å². The molecule has 220 valence electrons. The van der Waals surface area contributed by atoms with E-state index in [2.05, 4.69) is 19.2 Å². The van der Waals surface area contributed by atoms with Crippen LogP contribution in [-0.4, -0.2) is 53.0 Å². The number of carbonyl (C=O) groups excluding carboxylic acids is 2. The zero-order chi connectivity index (χ0) is 29.5. The molecule has 1 spiro atoms. The van der Waals surface area contributed by atoms with Crippen molar-refractivity contribution in [2.75, 3.05) is 19.7 Å². The number of aliphatic imine (C=N–C) groups is 1. The number of rotatable bonds is 9. The number of piperidine rings is 1. The fourth-order valence-electron chi connectivity index (χ4n) is 5.05. The number of hydrogen-bond acceptors (Lipinski definition) is 6. The second kappa shape index (κ2) is 13.1. The first kappa shape index (κ1) is 29.1. The zero-order valence-electron chi connectivity index (χ0n) is 24.1. The predicted molar refractivity (Wildman–Crippen MR) is 158 cm³/mol. The number of nitrogens with zero attached hydrogens (tertiary/aromatic N) is 3. The van der Waals surface area contributed by atoms with Crippen LogP contribution in [0.1, 0.15) is 43.4 Å². The maximum absolute atomic E-state index is 13.6. The number of hydrogen-bond donors (Lipinski definition) is 1. The van der Waals surface area contributed by atoms with Gasteiger partial charge in [0, 0.05) is 26.2 Å². The van der Waals surface area contributed by atoms with Gasteiger partial charge in [-0.1, -0.05) is 68.4 Å². The maximum Gasteiger partial charge on any atom is 0.410 e. The van der Waals surface area contributed by atoms with Crippen LogP contribution >= 0.6 is 0 Å². The van der Waals surface area contributed by atoms with Crippen molar-refractivity contribution in [3.05, 3.63) is 101 Å². The topological polar surface area (TPSA) is 83.5 Å². The first-order chi connectivity index (χ1) is 20.3. The van der Waals surface area contributed by atoms with Crippen molar-refractivity contribution in [1.82, 2.24) is 15.1 Å². The van der Waals surface area contributed by atoms with E-state index in [9.17, 15) is 14.0 Å². The summed E-state index contributed by atoms with van der Waals surface area (Å²) >= 11 is 0. The minimum atomic E-state index is -0.943. The number of nitrogens with one attached hydrogen (secondary N) is 1. The van der Waals surface area contributed by atoms with Gasteiger partial charge in [0.1, 0.15) is 23.7 Å². The van der Waals surface area contributed by atoms with Crippen LogP contribution in [0.2, 0.25) is 0 Å². The Kier molecular flexibility index (Phi) is 9.05. The van der Waals surface area contributed by atoms with E-state index < -0.39 is 11.6 Å². The molecule has 0 radical (unpaired) electrons. The van der Waals surface area contributed by atoms with Crippen molar-refractivity contribution in [2.24, 2.45) is 10.9 Å². The summed E-state index contributed by atoms with van der Waals surface area (Å²) in [4.78, 5) is 34.6. The molecule has 9 heteroatoms. The Bertz CT molecular complexity index is 1390. The summed E-state index contributed by atoms with van der Waals surface area (Å²) in [5.41, 5.74) is 1.88. The lowest BCUT2D eigenvalue weighted by Gasteiger charge is -2.34. The molecule has 0 bridgehead atoms. The van der Waals surface area contributed by atoms with Crippen LogP contribution in [0.15, 0.2) is 83.9 Å². The van der Waals surface area contributed by atoms with Crippen LogP contribution in [0, 0.1) is 11.7 Å². The van der Waals surface area contributed by atoms with Crippen molar-refractivity contribution in [2.45, 2.75) is 51.9 Å². The van der Waals surface area contributed by atoms with Gasteiger partial charge in [0.15, 0.2) is 0 Å². The molecule has 0 unspecified atom stereocenters. The van der Waals surface area contributed by atoms with Crippen molar-refractivity contribution < 1.29 is 23.5 Å². The monoisotopic (exact) mass is 572 g/mol. The van der Waals surface area contributed by atoms with Gasteiger partial charge >= 0.3 is 6.09 Å². The quantitative estimate of drug-likeness (QED) is 0.365. The Morgan fingerprint density at radius 3 is 2.19 bits per heavy atom. The molecule has 3 aromatic rings. The second-order valence-electron chi connectivity index (χ2n) is 11.3. The Labute approximate surface area is 246 Å². The SMILES string of the molecule is CC(C)COc1ccc(CN(Cc2ccc(F)cc2)C2=NC3(CCN(C(=O)OCc4ccccc4)CC3)C(=O)N2)cc1. The van der Waals surface area contributed by atoms with E-state index >= 15 is 0 Å². The van der Waals surface area contributed by atoms with Crippen LogP contribution in [-0.2, 0) is 29.2 Å². The number of halogens is 1. The third kappa shape index (κ3) is 7.26. The normalized spacial score (nSPS) is 15.9. The highest BCUT2D eigenvalue weighted by atomic mass is 19.1. The largest absolute Gasteiger partial charge is 0.493 e. The van der Waals surface area contributed by atoms with Crippen LogP contribution in [0.25, 0.3) is 0 Å². The highest BCUT2D eigenvalue weighted by molar-refractivity contribution is 6.07.